The fourth-order valence-corrected chi connectivity index (χ4v) is 4.27. The molecule has 0 saturated carbocycles. The molecule has 34 heavy (non-hydrogen) atoms. The van der Waals surface area contributed by atoms with Gasteiger partial charge in [-0.3, -0.25) is 4.90 Å². The zero-order chi connectivity index (χ0) is 24.0. The number of alkyl halides is 3. The first-order chi connectivity index (χ1) is 16.4. The SMILES string of the molecule is O[C@H](COC(c1ccccc1)c1ccccc1)CN1CCN(c2cccc(C(F)(F)F)c2)CC1. The third kappa shape index (κ3) is 6.38. The average molecular weight is 471 g/mol. The summed E-state index contributed by atoms with van der Waals surface area (Å²) in [5.41, 5.74) is 1.99. The Hall–Kier alpha value is -2.87. The van der Waals surface area contributed by atoms with Crippen LogP contribution in [0.4, 0.5) is 18.9 Å². The second-order valence-corrected chi connectivity index (χ2v) is 8.52. The first-order valence-electron chi connectivity index (χ1n) is 11.4. The number of nitrogens with zero attached hydrogens (tertiary/aromatic N) is 2. The topological polar surface area (TPSA) is 35.9 Å². The molecule has 1 N–H and O–H groups in total. The van der Waals surface area contributed by atoms with E-state index in [1.807, 2.05) is 65.6 Å². The molecule has 180 valence electrons. The summed E-state index contributed by atoms with van der Waals surface area (Å²) in [5, 5.41) is 10.6. The zero-order valence-electron chi connectivity index (χ0n) is 18.9. The smallest absolute Gasteiger partial charge is 0.389 e. The molecule has 1 heterocycles. The molecule has 0 radical (unpaired) electrons. The summed E-state index contributed by atoms with van der Waals surface area (Å²) in [4.78, 5) is 4.08. The molecule has 0 aliphatic carbocycles. The van der Waals surface area contributed by atoms with Crippen molar-refractivity contribution < 1.29 is 23.0 Å². The highest BCUT2D eigenvalue weighted by molar-refractivity contribution is 5.49. The maximum absolute atomic E-state index is 13.0. The summed E-state index contributed by atoms with van der Waals surface area (Å²) in [7, 11) is 0. The van der Waals surface area contributed by atoms with Crippen molar-refractivity contribution in [2.75, 3.05) is 44.2 Å². The van der Waals surface area contributed by atoms with Crippen molar-refractivity contribution >= 4 is 5.69 Å². The number of benzene rings is 3. The van der Waals surface area contributed by atoms with E-state index in [0.29, 0.717) is 38.4 Å². The molecular weight excluding hydrogens is 441 g/mol. The lowest BCUT2D eigenvalue weighted by Gasteiger charge is -2.37. The van der Waals surface area contributed by atoms with Gasteiger partial charge in [-0.05, 0) is 29.3 Å². The van der Waals surface area contributed by atoms with Crippen molar-refractivity contribution in [1.82, 2.24) is 4.90 Å². The minimum absolute atomic E-state index is 0.183. The molecule has 0 spiro atoms. The number of piperazine rings is 1. The van der Waals surface area contributed by atoms with Crippen molar-refractivity contribution in [2.45, 2.75) is 18.4 Å². The number of rotatable bonds is 8. The lowest BCUT2D eigenvalue weighted by atomic mass is 10.0. The highest BCUT2D eigenvalue weighted by Crippen LogP contribution is 2.32. The van der Waals surface area contributed by atoms with E-state index in [-0.39, 0.29) is 12.7 Å². The number of aliphatic hydroxyl groups is 1. The second-order valence-electron chi connectivity index (χ2n) is 8.52. The van der Waals surface area contributed by atoms with Gasteiger partial charge in [0.15, 0.2) is 0 Å². The number of halogens is 3. The number of ether oxygens (including phenoxy) is 1. The monoisotopic (exact) mass is 470 g/mol. The maximum Gasteiger partial charge on any atom is 0.416 e. The van der Waals surface area contributed by atoms with Crippen molar-refractivity contribution in [1.29, 1.82) is 0 Å². The van der Waals surface area contributed by atoms with Crippen LogP contribution in [0.15, 0.2) is 84.9 Å². The van der Waals surface area contributed by atoms with Crippen LogP contribution in [0.3, 0.4) is 0 Å². The van der Waals surface area contributed by atoms with Crippen LogP contribution >= 0.6 is 0 Å². The van der Waals surface area contributed by atoms with Crippen LogP contribution in [0.5, 0.6) is 0 Å². The predicted octanol–water partition coefficient (Wildman–Crippen LogP) is 4.99. The largest absolute Gasteiger partial charge is 0.416 e. The van der Waals surface area contributed by atoms with E-state index < -0.39 is 17.8 Å². The van der Waals surface area contributed by atoms with Crippen LogP contribution in [-0.4, -0.2) is 55.4 Å². The molecule has 1 aliphatic heterocycles. The quantitative estimate of drug-likeness (QED) is 0.503. The van der Waals surface area contributed by atoms with Gasteiger partial charge in [-0.2, -0.15) is 13.2 Å². The van der Waals surface area contributed by atoms with E-state index in [4.69, 9.17) is 4.74 Å². The number of aliphatic hydroxyl groups excluding tert-OH is 1. The van der Waals surface area contributed by atoms with Crippen LogP contribution in [0.2, 0.25) is 0 Å². The van der Waals surface area contributed by atoms with E-state index in [0.717, 1.165) is 17.2 Å². The summed E-state index contributed by atoms with van der Waals surface area (Å²) in [5.74, 6) is 0. The molecule has 7 heteroatoms. The van der Waals surface area contributed by atoms with Crippen LogP contribution in [0.25, 0.3) is 0 Å². The molecule has 1 saturated heterocycles. The Morgan fingerprint density at radius 1 is 0.794 bits per heavy atom. The van der Waals surface area contributed by atoms with Gasteiger partial charge in [-0.1, -0.05) is 66.7 Å². The highest BCUT2D eigenvalue weighted by atomic mass is 19.4. The van der Waals surface area contributed by atoms with Gasteiger partial charge in [0, 0.05) is 38.4 Å². The minimum atomic E-state index is -4.35. The van der Waals surface area contributed by atoms with E-state index in [9.17, 15) is 18.3 Å². The Morgan fingerprint density at radius 2 is 1.38 bits per heavy atom. The van der Waals surface area contributed by atoms with Gasteiger partial charge >= 0.3 is 6.18 Å². The lowest BCUT2D eigenvalue weighted by Crippen LogP contribution is -2.49. The third-order valence-electron chi connectivity index (χ3n) is 6.04. The standard InChI is InChI=1S/C27H29F3N2O2/c28-27(29,30)23-12-7-13-24(18-23)32-16-14-31(15-17-32)19-25(33)20-34-26(21-8-3-1-4-9-21)22-10-5-2-6-11-22/h1-13,18,25-26,33H,14-17,19-20H2/t25-/m0/s1. The molecular formula is C27H29F3N2O2. The van der Waals surface area contributed by atoms with E-state index in [1.54, 1.807) is 6.07 Å². The first-order valence-corrected chi connectivity index (χ1v) is 11.4. The van der Waals surface area contributed by atoms with Crippen molar-refractivity contribution in [3.8, 4) is 0 Å². The summed E-state index contributed by atoms with van der Waals surface area (Å²) in [6.45, 7) is 3.16. The zero-order valence-corrected chi connectivity index (χ0v) is 18.9. The molecule has 3 aromatic rings. The summed E-state index contributed by atoms with van der Waals surface area (Å²) < 4.78 is 45.2. The lowest BCUT2D eigenvalue weighted by molar-refractivity contribution is -0.137. The van der Waals surface area contributed by atoms with Gasteiger partial charge in [0.2, 0.25) is 0 Å². The summed E-state index contributed by atoms with van der Waals surface area (Å²) in [6.07, 6.45) is -5.29. The Balaban J connectivity index is 1.30. The molecule has 1 aliphatic rings. The molecule has 1 atom stereocenters. The van der Waals surface area contributed by atoms with Crippen molar-refractivity contribution in [3.05, 3.63) is 102 Å². The first kappa shape index (κ1) is 24.3. The maximum atomic E-state index is 13.0. The Labute approximate surface area is 198 Å². The fourth-order valence-electron chi connectivity index (χ4n) is 4.27. The molecule has 0 bridgehead atoms. The number of hydrogen-bond donors (Lipinski definition) is 1. The van der Waals surface area contributed by atoms with Crippen molar-refractivity contribution in [2.24, 2.45) is 0 Å². The van der Waals surface area contributed by atoms with E-state index >= 15 is 0 Å². The fraction of sp³-hybridized carbons (Fsp3) is 0.333. The Bertz CT molecular complexity index is 983. The molecule has 0 amide bonds. The van der Waals surface area contributed by atoms with Gasteiger partial charge in [0.05, 0.1) is 18.3 Å². The third-order valence-corrected chi connectivity index (χ3v) is 6.04. The molecule has 4 nitrogen and oxygen atoms in total. The van der Waals surface area contributed by atoms with Crippen LogP contribution in [0, 0.1) is 0 Å². The molecule has 0 unspecified atom stereocenters. The van der Waals surface area contributed by atoms with E-state index in [1.165, 1.54) is 12.1 Å². The molecule has 1 fully saturated rings. The van der Waals surface area contributed by atoms with Crippen LogP contribution in [0.1, 0.15) is 22.8 Å². The van der Waals surface area contributed by atoms with Gasteiger partial charge in [0.25, 0.3) is 0 Å². The normalized spacial score (nSPS) is 16.1. The highest BCUT2D eigenvalue weighted by Gasteiger charge is 2.31. The molecule has 3 aromatic carbocycles. The van der Waals surface area contributed by atoms with Crippen molar-refractivity contribution in [3.63, 3.8) is 0 Å². The predicted molar refractivity (Wildman–Crippen MR) is 127 cm³/mol. The van der Waals surface area contributed by atoms with Crippen LogP contribution in [-0.2, 0) is 10.9 Å². The molecule has 0 aromatic heterocycles. The summed E-state index contributed by atoms with van der Waals surface area (Å²) in [6, 6.07) is 25.3. The second kappa shape index (κ2) is 11.0. The average Bonchev–Trinajstić information content (AvgIpc) is 2.85. The minimum Gasteiger partial charge on any atom is -0.389 e. The van der Waals surface area contributed by atoms with Gasteiger partial charge < -0.3 is 14.7 Å². The van der Waals surface area contributed by atoms with Crippen LogP contribution < -0.4 is 4.90 Å². The van der Waals surface area contributed by atoms with Gasteiger partial charge in [-0.25, -0.2) is 0 Å². The number of anilines is 1. The number of hydrogen-bond acceptors (Lipinski definition) is 4. The van der Waals surface area contributed by atoms with Gasteiger partial charge in [-0.15, -0.1) is 0 Å². The Kier molecular flexibility index (Phi) is 7.88. The summed E-state index contributed by atoms with van der Waals surface area (Å²) >= 11 is 0. The van der Waals surface area contributed by atoms with E-state index in [2.05, 4.69) is 4.90 Å². The van der Waals surface area contributed by atoms with Gasteiger partial charge in [0.1, 0.15) is 6.10 Å². The number of β-amino-alcohol motifs (C(OH)–C–C–N with tert-alkyl or cyclic N) is 1. The molecule has 4 rings (SSSR count). The Morgan fingerprint density at radius 3 is 1.94 bits per heavy atom.